The van der Waals surface area contributed by atoms with Crippen LogP contribution >= 0.6 is 11.6 Å². The van der Waals surface area contributed by atoms with E-state index < -0.39 is 23.1 Å². The third-order valence-corrected chi connectivity index (χ3v) is 2.48. The molecule has 1 aromatic carbocycles. The highest BCUT2D eigenvalue weighted by atomic mass is 35.5. The number of carbonyl (C=O) groups excluding carboxylic acids is 1. The van der Waals surface area contributed by atoms with Crippen molar-refractivity contribution in [3.8, 4) is 0 Å². The zero-order valence-corrected chi connectivity index (χ0v) is 9.89. The summed E-state index contributed by atoms with van der Waals surface area (Å²) in [6.07, 6.45) is 0.337. The Balaban J connectivity index is 2.86. The van der Waals surface area contributed by atoms with Gasteiger partial charge in [0, 0.05) is 12.6 Å². The summed E-state index contributed by atoms with van der Waals surface area (Å²) in [5.41, 5.74) is -0.406. The zero-order valence-electron chi connectivity index (χ0n) is 9.14. The molecule has 0 heterocycles. The largest absolute Gasteiger partial charge is 0.396 e. The van der Waals surface area contributed by atoms with E-state index in [1.165, 1.54) is 0 Å². The van der Waals surface area contributed by atoms with Gasteiger partial charge in [-0.3, -0.25) is 4.79 Å². The van der Waals surface area contributed by atoms with Crippen molar-refractivity contribution < 1.29 is 18.7 Å². The normalized spacial score (nSPS) is 12.3. The van der Waals surface area contributed by atoms with E-state index in [9.17, 15) is 13.6 Å². The lowest BCUT2D eigenvalue weighted by molar-refractivity contribution is 0.0930. The van der Waals surface area contributed by atoms with Crippen molar-refractivity contribution in [3.05, 3.63) is 34.4 Å². The molecule has 2 N–H and O–H groups in total. The van der Waals surface area contributed by atoms with Crippen molar-refractivity contribution in [2.24, 2.45) is 0 Å². The van der Waals surface area contributed by atoms with Crippen LogP contribution in [0, 0.1) is 11.6 Å². The fraction of sp³-hybridized carbons (Fsp3) is 0.364. The fourth-order valence-corrected chi connectivity index (χ4v) is 1.41. The van der Waals surface area contributed by atoms with Crippen molar-refractivity contribution >= 4 is 17.5 Å². The van der Waals surface area contributed by atoms with Crippen LogP contribution in [0.2, 0.25) is 5.02 Å². The highest BCUT2D eigenvalue weighted by Crippen LogP contribution is 2.19. The summed E-state index contributed by atoms with van der Waals surface area (Å²) >= 11 is 5.37. The molecule has 0 radical (unpaired) electrons. The van der Waals surface area contributed by atoms with Crippen LogP contribution in [0.25, 0.3) is 0 Å². The molecule has 1 aromatic rings. The molecule has 0 aromatic heterocycles. The summed E-state index contributed by atoms with van der Waals surface area (Å²) in [6, 6.07) is 1.17. The van der Waals surface area contributed by atoms with Crippen molar-refractivity contribution in [1.29, 1.82) is 0 Å². The Kier molecular flexibility index (Phi) is 4.84. The monoisotopic (exact) mass is 263 g/mol. The van der Waals surface area contributed by atoms with Crippen molar-refractivity contribution in [2.75, 3.05) is 6.61 Å². The number of nitrogens with one attached hydrogen (secondary N) is 1. The number of carbonyl (C=O) groups is 1. The number of aliphatic hydroxyl groups is 1. The van der Waals surface area contributed by atoms with E-state index in [1.807, 2.05) is 0 Å². The van der Waals surface area contributed by atoms with E-state index in [1.54, 1.807) is 6.92 Å². The Morgan fingerprint density at radius 1 is 1.47 bits per heavy atom. The molecule has 17 heavy (non-hydrogen) atoms. The van der Waals surface area contributed by atoms with E-state index in [0.717, 1.165) is 12.1 Å². The van der Waals surface area contributed by atoms with E-state index in [4.69, 9.17) is 16.7 Å². The third-order valence-electron chi connectivity index (χ3n) is 2.19. The van der Waals surface area contributed by atoms with Gasteiger partial charge in [0.1, 0.15) is 11.6 Å². The van der Waals surface area contributed by atoms with Gasteiger partial charge in [-0.1, -0.05) is 11.6 Å². The Morgan fingerprint density at radius 2 is 2.12 bits per heavy atom. The molecular formula is C11H12ClF2NO2. The first-order chi connectivity index (χ1) is 7.95. The van der Waals surface area contributed by atoms with Gasteiger partial charge in [0.15, 0.2) is 0 Å². The summed E-state index contributed by atoms with van der Waals surface area (Å²) in [4.78, 5) is 11.6. The lowest BCUT2D eigenvalue weighted by Gasteiger charge is -2.13. The fourth-order valence-electron chi connectivity index (χ4n) is 1.26. The Morgan fingerprint density at radius 3 is 2.71 bits per heavy atom. The molecule has 0 fully saturated rings. The lowest BCUT2D eigenvalue weighted by Crippen LogP contribution is -2.33. The lowest BCUT2D eigenvalue weighted by atomic mass is 10.1. The summed E-state index contributed by atoms with van der Waals surface area (Å²) in [7, 11) is 0. The maximum absolute atomic E-state index is 13.4. The van der Waals surface area contributed by atoms with Crippen LogP contribution in [0.4, 0.5) is 8.78 Å². The van der Waals surface area contributed by atoms with Crippen LogP contribution in [0.5, 0.6) is 0 Å². The average Bonchev–Trinajstić information content (AvgIpc) is 2.23. The number of hydrogen-bond donors (Lipinski definition) is 2. The molecule has 0 aliphatic heterocycles. The first-order valence-corrected chi connectivity index (χ1v) is 5.39. The molecule has 1 unspecified atom stereocenters. The minimum Gasteiger partial charge on any atom is -0.396 e. The molecule has 0 saturated carbocycles. The summed E-state index contributed by atoms with van der Waals surface area (Å²) in [6.45, 7) is 1.55. The Labute approximate surface area is 102 Å². The highest BCUT2D eigenvalue weighted by Gasteiger charge is 2.16. The van der Waals surface area contributed by atoms with Gasteiger partial charge in [-0.2, -0.15) is 0 Å². The number of hydrogen-bond acceptors (Lipinski definition) is 2. The van der Waals surface area contributed by atoms with Gasteiger partial charge in [-0.05, 0) is 25.5 Å². The van der Waals surface area contributed by atoms with Crippen LogP contribution in [0.15, 0.2) is 12.1 Å². The molecule has 0 bridgehead atoms. The third kappa shape index (κ3) is 3.64. The van der Waals surface area contributed by atoms with Crippen LogP contribution in [0.1, 0.15) is 23.7 Å². The number of halogens is 3. The maximum atomic E-state index is 13.4. The molecule has 1 atom stereocenters. The molecule has 3 nitrogen and oxygen atoms in total. The van der Waals surface area contributed by atoms with Gasteiger partial charge in [-0.15, -0.1) is 0 Å². The van der Waals surface area contributed by atoms with Gasteiger partial charge in [0.05, 0.1) is 10.6 Å². The molecule has 0 spiro atoms. The van der Waals surface area contributed by atoms with Crippen molar-refractivity contribution in [2.45, 2.75) is 19.4 Å². The Hall–Kier alpha value is -1.20. The molecule has 0 aliphatic carbocycles. The van der Waals surface area contributed by atoms with E-state index >= 15 is 0 Å². The second-order valence-corrected chi connectivity index (χ2v) is 4.04. The predicted molar refractivity (Wildman–Crippen MR) is 60.0 cm³/mol. The van der Waals surface area contributed by atoms with Gasteiger partial charge >= 0.3 is 0 Å². The molecular weight excluding hydrogens is 252 g/mol. The van der Waals surface area contributed by atoms with Crippen molar-refractivity contribution in [1.82, 2.24) is 5.32 Å². The second-order valence-electron chi connectivity index (χ2n) is 3.63. The van der Waals surface area contributed by atoms with Gasteiger partial charge in [0.2, 0.25) is 0 Å². The van der Waals surface area contributed by atoms with E-state index in [2.05, 4.69) is 5.32 Å². The average molecular weight is 264 g/mol. The quantitative estimate of drug-likeness (QED) is 0.818. The SMILES string of the molecule is CC(CCO)NC(=O)c1cc(F)c(Cl)cc1F. The van der Waals surface area contributed by atoms with Crippen LogP contribution in [0.3, 0.4) is 0 Å². The smallest absolute Gasteiger partial charge is 0.254 e. The topological polar surface area (TPSA) is 49.3 Å². The molecule has 1 amide bonds. The van der Waals surface area contributed by atoms with E-state index in [-0.39, 0.29) is 17.7 Å². The van der Waals surface area contributed by atoms with E-state index in [0.29, 0.717) is 6.42 Å². The van der Waals surface area contributed by atoms with Crippen LogP contribution in [-0.4, -0.2) is 23.7 Å². The zero-order chi connectivity index (χ0) is 13.0. The summed E-state index contributed by atoms with van der Waals surface area (Å²) in [5, 5.41) is 10.7. The number of aliphatic hydroxyl groups excluding tert-OH is 1. The highest BCUT2D eigenvalue weighted by molar-refractivity contribution is 6.30. The summed E-state index contributed by atoms with van der Waals surface area (Å²) < 4.78 is 26.4. The Bertz CT molecular complexity index is 426. The molecule has 0 saturated heterocycles. The minimum atomic E-state index is -0.884. The first kappa shape index (κ1) is 13.9. The summed E-state index contributed by atoms with van der Waals surface area (Å²) in [5.74, 6) is -2.47. The predicted octanol–water partition coefficient (Wildman–Crippen LogP) is 2.12. The minimum absolute atomic E-state index is 0.0983. The molecule has 0 aliphatic rings. The van der Waals surface area contributed by atoms with Crippen LogP contribution < -0.4 is 5.32 Å². The number of rotatable bonds is 4. The van der Waals surface area contributed by atoms with Gasteiger partial charge in [0.25, 0.3) is 5.91 Å². The van der Waals surface area contributed by atoms with Crippen molar-refractivity contribution in [3.63, 3.8) is 0 Å². The maximum Gasteiger partial charge on any atom is 0.254 e. The van der Waals surface area contributed by atoms with Crippen LogP contribution in [-0.2, 0) is 0 Å². The first-order valence-electron chi connectivity index (χ1n) is 5.02. The second kappa shape index (κ2) is 5.93. The van der Waals surface area contributed by atoms with Gasteiger partial charge < -0.3 is 10.4 Å². The molecule has 94 valence electrons. The van der Waals surface area contributed by atoms with Gasteiger partial charge in [-0.25, -0.2) is 8.78 Å². The number of benzene rings is 1. The standard InChI is InChI=1S/C11H12ClF2NO2/c1-6(2-3-16)15-11(17)7-4-10(14)8(12)5-9(7)13/h4-6,16H,2-3H2,1H3,(H,15,17). The molecule has 6 heteroatoms. The molecule has 1 rings (SSSR count). The number of amides is 1.